The molecular formula is C21H38NO+. The molecule has 0 saturated heterocycles. The average molecular weight is 321 g/mol. The van der Waals surface area contributed by atoms with Crippen molar-refractivity contribution in [3.8, 4) is 0 Å². The maximum atomic E-state index is 5.79. The molecule has 0 amide bonds. The minimum atomic E-state index is 0.685. The van der Waals surface area contributed by atoms with Crippen molar-refractivity contribution < 1.29 is 9.30 Å². The Morgan fingerprint density at radius 3 is 2.09 bits per heavy atom. The van der Waals surface area contributed by atoms with Gasteiger partial charge in [-0.1, -0.05) is 71.6 Å². The van der Waals surface area contributed by atoms with E-state index in [1.807, 2.05) is 0 Å². The third-order valence-electron chi connectivity index (χ3n) is 4.61. The van der Waals surface area contributed by atoms with Crippen LogP contribution in [-0.4, -0.2) is 6.61 Å². The Morgan fingerprint density at radius 1 is 0.870 bits per heavy atom. The van der Waals surface area contributed by atoms with Gasteiger partial charge in [-0.3, -0.25) is 0 Å². The lowest BCUT2D eigenvalue weighted by atomic mass is 10.1. The second-order valence-corrected chi connectivity index (χ2v) is 6.74. The van der Waals surface area contributed by atoms with Gasteiger partial charge in [-0.15, -0.1) is 0 Å². The van der Waals surface area contributed by atoms with E-state index >= 15 is 0 Å². The third-order valence-corrected chi connectivity index (χ3v) is 4.61. The highest BCUT2D eigenvalue weighted by atomic mass is 16.5. The molecule has 0 aliphatic heterocycles. The molecule has 0 bridgehead atoms. The van der Waals surface area contributed by atoms with Crippen molar-refractivity contribution in [2.24, 2.45) is 0 Å². The fourth-order valence-corrected chi connectivity index (χ4v) is 2.97. The summed E-state index contributed by atoms with van der Waals surface area (Å²) in [5.41, 5.74) is 2.79. The molecule has 2 nitrogen and oxygen atoms in total. The van der Waals surface area contributed by atoms with Crippen molar-refractivity contribution >= 4 is 0 Å². The van der Waals surface area contributed by atoms with Gasteiger partial charge in [0.15, 0.2) is 12.4 Å². The lowest BCUT2D eigenvalue weighted by Gasteiger charge is -2.04. The van der Waals surface area contributed by atoms with E-state index in [-0.39, 0.29) is 0 Å². The molecule has 0 unspecified atom stereocenters. The minimum Gasteiger partial charge on any atom is -0.323 e. The van der Waals surface area contributed by atoms with E-state index in [0.29, 0.717) is 6.73 Å². The van der Waals surface area contributed by atoms with E-state index in [1.54, 1.807) is 0 Å². The summed E-state index contributed by atoms with van der Waals surface area (Å²) in [6, 6.07) is 2.18. The van der Waals surface area contributed by atoms with E-state index in [9.17, 15) is 0 Å². The molecule has 1 aromatic heterocycles. The number of hydrogen-bond donors (Lipinski definition) is 0. The first-order chi connectivity index (χ1) is 11.3. The Morgan fingerprint density at radius 2 is 1.48 bits per heavy atom. The molecule has 0 aliphatic rings. The van der Waals surface area contributed by atoms with Crippen LogP contribution >= 0.6 is 0 Å². The summed E-state index contributed by atoms with van der Waals surface area (Å²) in [5.74, 6) is 0. The highest BCUT2D eigenvalue weighted by Gasteiger charge is 2.04. The Kier molecular flexibility index (Phi) is 11.9. The van der Waals surface area contributed by atoms with Crippen LogP contribution in [0.15, 0.2) is 18.5 Å². The normalized spacial score (nSPS) is 11.1. The van der Waals surface area contributed by atoms with E-state index in [0.717, 1.165) is 13.0 Å². The maximum absolute atomic E-state index is 5.79. The van der Waals surface area contributed by atoms with Gasteiger partial charge in [0.2, 0.25) is 0 Å². The number of hydrogen-bond acceptors (Lipinski definition) is 1. The molecule has 0 aliphatic carbocycles. The van der Waals surface area contributed by atoms with Gasteiger partial charge in [-0.05, 0) is 25.3 Å². The number of unbranched alkanes of at least 4 members (excludes halogenated alkanes) is 9. The third kappa shape index (κ3) is 9.76. The van der Waals surface area contributed by atoms with E-state index in [1.165, 1.54) is 75.3 Å². The van der Waals surface area contributed by atoms with Gasteiger partial charge in [0, 0.05) is 11.6 Å². The van der Waals surface area contributed by atoms with Crippen LogP contribution in [0.2, 0.25) is 0 Å². The quantitative estimate of drug-likeness (QED) is 0.315. The van der Waals surface area contributed by atoms with Crippen molar-refractivity contribution in [3.05, 3.63) is 29.6 Å². The zero-order valence-electron chi connectivity index (χ0n) is 15.8. The van der Waals surface area contributed by atoms with Crippen LogP contribution in [0.5, 0.6) is 0 Å². The standard InChI is InChI=1S/C21H38NO/c1-4-6-7-8-9-10-11-12-13-14-17-23-19-22-16-15-20(3)21(5-2)18-22/h15-16,18H,4-14,17,19H2,1-3H3/q+1. The Labute approximate surface area is 144 Å². The molecule has 0 radical (unpaired) electrons. The molecule has 23 heavy (non-hydrogen) atoms. The van der Waals surface area contributed by atoms with Crippen molar-refractivity contribution in [3.63, 3.8) is 0 Å². The first-order valence-corrected chi connectivity index (χ1v) is 9.84. The fraction of sp³-hybridized carbons (Fsp3) is 0.762. The summed E-state index contributed by atoms with van der Waals surface area (Å²) >= 11 is 0. The highest BCUT2D eigenvalue weighted by molar-refractivity contribution is 5.18. The minimum absolute atomic E-state index is 0.685. The van der Waals surface area contributed by atoms with Gasteiger partial charge < -0.3 is 4.74 Å². The zero-order valence-corrected chi connectivity index (χ0v) is 15.8. The molecule has 0 fully saturated rings. The van der Waals surface area contributed by atoms with Crippen molar-refractivity contribution in [2.45, 2.75) is 98.1 Å². The number of nitrogens with zero attached hydrogens (tertiary/aromatic N) is 1. The van der Waals surface area contributed by atoms with Gasteiger partial charge in [0.25, 0.3) is 6.73 Å². The molecule has 0 atom stereocenters. The second kappa shape index (κ2) is 13.5. The van der Waals surface area contributed by atoms with E-state index in [2.05, 4.69) is 43.8 Å². The van der Waals surface area contributed by atoms with Crippen LogP contribution in [0.4, 0.5) is 0 Å². The molecule has 0 saturated carbocycles. The number of ether oxygens (including phenoxy) is 1. The van der Waals surface area contributed by atoms with Crippen molar-refractivity contribution in [1.82, 2.24) is 0 Å². The van der Waals surface area contributed by atoms with Gasteiger partial charge in [-0.25, -0.2) is 0 Å². The average Bonchev–Trinajstić information content (AvgIpc) is 2.57. The van der Waals surface area contributed by atoms with Crippen molar-refractivity contribution in [2.75, 3.05) is 6.61 Å². The number of aromatic nitrogens is 1. The molecule has 0 N–H and O–H groups in total. The van der Waals surface area contributed by atoms with Crippen LogP contribution in [0.1, 0.15) is 89.2 Å². The largest absolute Gasteiger partial charge is 0.323 e. The monoisotopic (exact) mass is 320 g/mol. The van der Waals surface area contributed by atoms with Crippen LogP contribution < -0.4 is 4.57 Å². The lowest BCUT2D eigenvalue weighted by Crippen LogP contribution is -2.35. The molecule has 0 spiro atoms. The Balaban J connectivity index is 1.93. The Hall–Kier alpha value is -0.890. The number of aryl methyl sites for hydroxylation is 2. The predicted molar refractivity (Wildman–Crippen MR) is 98.5 cm³/mol. The first kappa shape index (κ1) is 20.2. The zero-order chi connectivity index (χ0) is 16.8. The topological polar surface area (TPSA) is 13.1 Å². The Bertz CT molecular complexity index is 403. The molecular weight excluding hydrogens is 282 g/mol. The van der Waals surface area contributed by atoms with Gasteiger partial charge in [-0.2, -0.15) is 4.57 Å². The number of pyridine rings is 1. The van der Waals surface area contributed by atoms with Crippen LogP contribution in [0.25, 0.3) is 0 Å². The molecule has 1 aromatic rings. The van der Waals surface area contributed by atoms with Gasteiger partial charge >= 0.3 is 0 Å². The van der Waals surface area contributed by atoms with E-state index < -0.39 is 0 Å². The fourth-order valence-electron chi connectivity index (χ4n) is 2.97. The number of rotatable bonds is 14. The molecule has 132 valence electrons. The van der Waals surface area contributed by atoms with Crippen LogP contribution in [0.3, 0.4) is 0 Å². The molecule has 1 heterocycles. The smallest absolute Gasteiger partial charge is 0.252 e. The summed E-state index contributed by atoms with van der Waals surface area (Å²) in [4.78, 5) is 0. The maximum Gasteiger partial charge on any atom is 0.252 e. The summed E-state index contributed by atoms with van der Waals surface area (Å²) in [6.07, 6.45) is 19.2. The summed E-state index contributed by atoms with van der Waals surface area (Å²) < 4.78 is 7.95. The summed E-state index contributed by atoms with van der Waals surface area (Å²) in [5, 5.41) is 0. The first-order valence-electron chi connectivity index (χ1n) is 9.84. The van der Waals surface area contributed by atoms with Crippen LogP contribution in [-0.2, 0) is 17.9 Å². The second-order valence-electron chi connectivity index (χ2n) is 6.74. The van der Waals surface area contributed by atoms with Crippen molar-refractivity contribution in [1.29, 1.82) is 0 Å². The predicted octanol–water partition coefficient (Wildman–Crippen LogP) is 5.74. The SMILES string of the molecule is CCCCCCCCCCCCOC[n+]1ccc(C)c(CC)c1. The van der Waals surface area contributed by atoms with Crippen LogP contribution in [0, 0.1) is 6.92 Å². The van der Waals surface area contributed by atoms with E-state index in [4.69, 9.17) is 4.74 Å². The molecule has 1 rings (SSSR count). The van der Waals surface area contributed by atoms with Gasteiger partial charge in [0.05, 0.1) is 6.61 Å². The highest BCUT2D eigenvalue weighted by Crippen LogP contribution is 2.10. The summed E-state index contributed by atoms with van der Waals surface area (Å²) in [6.45, 7) is 8.23. The molecule has 2 heteroatoms. The summed E-state index contributed by atoms with van der Waals surface area (Å²) in [7, 11) is 0. The lowest BCUT2D eigenvalue weighted by molar-refractivity contribution is -0.733. The van der Waals surface area contributed by atoms with Gasteiger partial charge in [0.1, 0.15) is 0 Å². The molecule has 0 aromatic carbocycles.